The number of carbonyl (C=O) groups is 1. The monoisotopic (exact) mass is 237 g/mol. The lowest BCUT2D eigenvalue weighted by Crippen LogP contribution is -2.39. The summed E-state index contributed by atoms with van der Waals surface area (Å²) in [5.41, 5.74) is 0.969. The highest BCUT2D eigenvalue weighted by molar-refractivity contribution is 5.94. The van der Waals surface area contributed by atoms with Gasteiger partial charge in [0.15, 0.2) is 0 Å². The van der Waals surface area contributed by atoms with Crippen LogP contribution in [0.2, 0.25) is 0 Å². The summed E-state index contributed by atoms with van der Waals surface area (Å²) in [5.74, 6) is -0.463. The van der Waals surface area contributed by atoms with Gasteiger partial charge in [0.25, 0.3) is 5.91 Å². The molecule has 92 valence electrons. The molecule has 1 aliphatic heterocycles. The third-order valence-electron chi connectivity index (χ3n) is 3.11. The molecular weight excluding hydrogens is 221 g/mol. The quantitative estimate of drug-likeness (QED) is 0.854. The van der Waals surface area contributed by atoms with Gasteiger partial charge in [0.05, 0.1) is 12.1 Å². The number of aryl methyl sites for hydroxylation is 1. The summed E-state index contributed by atoms with van der Waals surface area (Å²) in [6.45, 7) is 4.26. The van der Waals surface area contributed by atoms with Crippen LogP contribution < -0.4 is 5.32 Å². The zero-order chi connectivity index (χ0) is 12.4. The Bertz CT molecular complexity index is 433. The van der Waals surface area contributed by atoms with Gasteiger partial charge in [-0.1, -0.05) is 0 Å². The van der Waals surface area contributed by atoms with E-state index in [-0.39, 0.29) is 23.9 Å². The Morgan fingerprint density at radius 1 is 1.53 bits per heavy atom. The summed E-state index contributed by atoms with van der Waals surface area (Å²) >= 11 is 0. The highest BCUT2D eigenvalue weighted by Gasteiger charge is 2.25. The Balaban J connectivity index is 2.06. The van der Waals surface area contributed by atoms with Gasteiger partial charge in [-0.15, -0.1) is 0 Å². The van der Waals surface area contributed by atoms with E-state index < -0.39 is 0 Å². The number of ether oxygens (including phenoxy) is 1. The van der Waals surface area contributed by atoms with E-state index in [9.17, 15) is 9.18 Å². The third-order valence-corrected chi connectivity index (χ3v) is 3.11. The molecule has 0 spiro atoms. The van der Waals surface area contributed by atoms with Gasteiger partial charge in [0.1, 0.15) is 5.82 Å². The Labute approximate surface area is 100.0 Å². The number of hydrogen-bond acceptors (Lipinski definition) is 2. The molecule has 1 amide bonds. The molecule has 0 saturated carbocycles. The number of rotatable bonds is 2. The first-order chi connectivity index (χ1) is 8.08. The molecule has 0 radical (unpaired) electrons. The fourth-order valence-electron chi connectivity index (χ4n) is 1.96. The molecule has 1 aromatic carbocycles. The number of carbonyl (C=O) groups excluding carboxylic acids is 1. The molecule has 1 saturated heterocycles. The summed E-state index contributed by atoms with van der Waals surface area (Å²) in [4.78, 5) is 11.9. The second-order valence-corrected chi connectivity index (χ2v) is 4.41. The number of amides is 1. The van der Waals surface area contributed by atoms with E-state index in [0.29, 0.717) is 17.7 Å². The lowest BCUT2D eigenvalue weighted by molar-refractivity contribution is 0.0866. The van der Waals surface area contributed by atoms with Gasteiger partial charge in [-0.05, 0) is 44.0 Å². The fraction of sp³-hybridized carbons (Fsp3) is 0.462. The maximum Gasteiger partial charge on any atom is 0.251 e. The Morgan fingerprint density at radius 2 is 2.29 bits per heavy atom. The van der Waals surface area contributed by atoms with E-state index in [1.807, 2.05) is 6.92 Å². The molecule has 2 atom stereocenters. The molecule has 1 N–H and O–H groups in total. The second-order valence-electron chi connectivity index (χ2n) is 4.41. The van der Waals surface area contributed by atoms with Crippen molar-refractivity contribution < 1.29 is 13.9 Å². The molecule has 1 fully saturated rings. The topological polar surface area (TPSA) is 38.3 Å². The van der Waals surface area contributed by atoms with Crippen molar-refractivity contribution in [2.45, 2.75) is 32.4 Å². The maximum absolute atomic E-state index is 13.1. The largest absolute Gasteiger partial charge is 0.376 e. The van der Waals surface area contributed by atoms with Crippen molar-refractivity contribution in [2.75, 3.05) is 6.61 Å². The van der Waals surface area contributed by atoms with Gasteiger partial charge in [-0.3, -0.25) is 4.79 Å². The SMILES string of the molecule is Cc1cc(C(=O)NC2CCOC2C)ccc1F. The van der Waals surface area contributed by atoms with Gasteiger partial charge in [-0.25, -0.2) is 4.39 Å². The molecule has 4 heteroatoms. The van der Waals surface area contributed by atoms with Gasteiger partial charge < -0.3 is 10.1 Å². The minimum Gasteiger partial charge on any atom is -0.376 e. The average molecular weight is 237 g/mol. The van der Waals surface area contributed by atoms with Gasteiger partial charge in [0, 0.05) is 12.2 Å². The minimum absolute atomic E-state index is 0.0421. The second kappa shape index (κ2) is 4.84. The standard InChI is InChI=1S/C13H16FNO2/c1-8-7-10(3-4-11(8)14)13(16)15-12-5-6-17-9(12)2/h3-4,7,9,12H,5-6H2,1-2H3,(H,15,16). The van der Waals surface area contributed by atoms with Crippen LogP contribution in [-0.2, 0) is 4.74 Å². The van der Waals surface area contributed by atoms with Crippen molar-refractivity contribution in [2.24, 2.45) is 0 Å². The lowest BCUT2D eigenvalue weighted by atomic mass is 10.1. The van der Waals surface area contributed by atoms with Gasteiger partial charge >= 0.3 is 0 Å². The van der Waals surface area contributed by atoms with Crippen molar-refractivity contribution >= 4 is 5.91 Å². The van der Waals surface area contributed by atoms with E-state index in [1.54, 1.807) is 13.0 Å². The summed E-state index contributed by atoms with van der Waals surface area (Å²) in [5, 5.41) is 2.91. The average Bonchev–Trinajstić information content (AvgIpc) is 2.68. The highest BCUT2D eigenvalue weighted by atomic mass is 19.1. The molecule has 0 aromatic heterocycles. The predicted molar refractivity (Wildman–Crippen MR) is 62.4 cm³/mol. The third kappa shape index (κ3) is 2.64. The van der Waals surface area contributed by atoms with Gasteiger partial charge in [0.2, 0.25) is 0 Å². The van der Waals surface area contributed by atoms with E-state index in [1.165, 1.54) is 12.1 Å². The Hall–Kier alpha value is -1.42. The first kappa shape index (κ1) is 12.0. The maximum atomic E-state index is 13.1. The number of benzene rings is 1. The smallest absolute Gasteiger partial charge is 0.251 e. The Kier molecular flexibility index (Phi) is 3.43. The molecule has 3 nitrogen and oxygen atoms in total. The first-order valence-electron chi connectivity index (χ1n) is 5.76. The van der Waals surface area contributed by atoms with Crippen LogP contribution in [0.25, 0.3) is 0 Å². The molecule has 2 unspecified atom stereocenters. The fourth-order valence-corrected chi connectivity index (χ4v) is 1.96. The molecule has 1 aliphatic rings. The Morgan fingerprint density at radius 3 is 2.88 bits per heavy atom. The van der Waals surface area contributed by atoms with Crippen molar-refractivity contribution in [3.8, 4) is 0 Å². The van der Waals surface area contributed by atoms with Crippen LogP contribution in [0.1, 0.15) is 29.3 Å². The molecule has 1 aromatic rings. The number of hydrogen-bond donors (Lipinski definition) is 1. The normalized spacial score (nSPS) is 23.7. The molecular formula is C13H16FNO2. The van der Waals surface area contributed by atoms with Crippen LogP contribution in [0.4, 0.5) is 4.39 Å². The zero-order valence-corrected chi connectivity index (χ0v) is 10.00. The number of halogens is 1. The molecule has 1 heterocycles. The predicted octanol–water partition coefficient (Wildman–Crippen LogP) is 2.04. The van der Waals surface area contributed by atoms with Crippen LogP contribution in [0.15, 0.2) is 18.2 Å². The van der Waals surface area contributed by atoms with Crippen molar-refractivity contribution in [3.63, 3.8) is 0 Å². The molecule has 0 aliphatic carbocycles. The van der Waals surface area contributed by atoms with E-state index >= 15 is 0 Å². The first-order valence-corrected chi connectivity index (χ1v) is 5.76. The van der Waals surface area contributed by atoms with Gasteiger partial charge in [-0.2, -0.15) is 0 Å². The summed E-state index contributed by atoms with van der Waals surface area (Å²) < 4.78 is 18.4. The van der Waals surface area contributed by atoms with Crippen LogP contribution >= 0.6 is 0 Å². The minimum atomic E-state index is -0.292. The van der Waals surface area contributed by atoms with Crippen LogP contribution in [-0.4, -0.2) is 24.7 Å². The van der Waals surface area contributed by atoms with E-state index in [4.69, 9.17) is 4.74 Å². The number of nitrogens with one attached hydrogen (secondary N) is 1. The zero-order valence-electron chi connectivity index (χ0n) is 10.00. The van der Waals surface area contributed by atoms with E-state index in [0.717, 1.165) is 6.42 Å². The highest BCUT2D eigenvalue weighted by Crippen LogP contribution is 2.14. The van der Waals surface area contributed by atoms with Crippen LogP contribution in [0.5, 0.6) is 0 Å². The van der Waals surface area contributed by atoms with Crippen molar-refractivity contribution in [3.05, 3.63) is 35.1 Å². The van der Waals surface area contributed by atoms with Crippen LogP contribution in [0, 0.1) is 12.7 Å². The molecule has 2 rings (SSSR count). The molecule has 0 bridgehead atoms. The molecule has 17 heavy (non-hydrogen) atoms. The summed E-state index contributed by atoms with van der Waals surface area (Å²) in [6, 6.07) is 4.43. The van der Waals surface area contributed by atoms with E-state index in [2.05, 4.69) is 5.32 Å². The van der Waals surface area contributed by atoms with Crippen molar-refractivity contribution in [1.29, 1.82) is 0 Å². The van der Waals surface area contributed by atoms with Crippen molar-refractivity contribution in [1.82, 2.24) is 5.32 Å². The van der Waals surface area contributed by atoms with Crippen LogP contribution in [0.3, 0.4) is 0 Å². The summed E-state index contributed by atoms with van der Waals surface area (Å²) in [7, 11) is 0. The lowest BCUT2D eigenvalue weighted by Gasteiger charge is -2.16. The summed E-state index contributed by atoms with van der Waals surface area (Å²) in [6.07, 6.45) is 0.869.